The Kier molecular flexibility index (Phi) is 15.3. The van der Waals surface area contributed by atoms with E-state index in [-0.39, 0.29) is 37.2 Å². The van der Waals surface area contributed by atoms with Crippen molar-refractivity contribution in [3.05, 3.63) is 101 Å². The van der Waals surface area contributed by atoms with Gasteiger partial charge in [-0.15, -0.1) is 0 Å². The van der Waals surface area contributed by atoms with Crippen LogP contribution in [0.5, 0.6) is 0 Å². The lowest BCUT2D eigenvalue weighted by Crippen LogP contribution is -2.53. The number of benzene rings is 3. The normalized spacial score (nSPS) is 16.5. The zero-order valence-electron chi connectivity index (χ0n) is 33.4. The van der Waals surface area contributed by atoms with Gasteiger partial charge in [-0.05, 0) is 102 Å². The molecule has 1 unspecified atom stereocenters. The first-order valence-electron chi connectivity index (χ1n) is 18.7. The van der Waals surface area contributed by atoms with Crippen molar-refractivity contribution < 1.29 is 64.5 Å². The Labute approximate surface area is 337 Å². The van der Waals surface area contributed by atoms with Gasteiger partial charge >= 0.3 is 24.5 Å². The lowest BCUT2D eigenvalue weighted by atomic mass is 9.84. The summed E-state index contributed by atoms with van der Waals surface area (Å²) in [5.41, 5.74) is -1.12. The molecule has 3 atom stereocenters. The molecule has 1 aliphatic heterocycles. The van der Waals surface area contributed by atoms with Crippen LogP contribution in [0.2, 0.25) is 0 Å². The van der Waals surface area contributed by atoms with Crippen LogP contribution in [0.1, 0.15) is 70.6 Å². The fourth-order valence-corrected chi connectivity index (χ4v) is 6.14. The summed E-state index contributed by atoms with van der Waals surface area (Å²) in [7, 11) is 0. The molecule has 4 amide bonds. The molecule has 18 heteroatoms. The molecular formula is C41H48F6N4O8. The maximum Gasteiger partial charge on any atom is 0.410 e. The highest BCUT2D eigenvalue weighted by atomic mass is 19.4. The van der Waals surface area contributed by atoms with E-state index in [9.17, 15) is 41.1 Å². The van der Waals surface area contributed by atoms with E-state index in [1.807, 2.05) is 0 Å². The van der Waals surface area contributed by atoms with Crippen LogP contribution in [-0.2, 0) is 30.2 Å². The molecule has 0 aliphatic carbocycles. The molecule has 0 aromatic heterocycles. The summed E-state index contributed by atoms with van der Waals surface area (Å²) in [5, 5.41) is 6.88. The molecule has 3 N–H and O–H groups in total. The van der Waals surface area contributed by atoms with E-state index in [4.69, 9.17) is 18.9 Å². The Morgan fingerprint density at radius 1 is 0.780 bits per heavy atom. The summed E-state index contributed by atoms with van der Waals surface area (Å²) >= 11 is 0. The van der Waals surface area contributed by atoms with Crippen LogP contribution in [0.4, 0.5) is 46.4 Å². The van der Waals surface area contributed by atoms with Gasteiger partial charge in [0.2, 0.25) is 5.91 Å². The number of alkyl halides is 3. The molecule has 0 saturated carbocycles. The molecule has 1 saturated heterocycles. The molecule has 322 valence electrons. The number of carbonyl (C=O) groups excluding carboxylic acids is 4. The number of ether oxygens (including phenoxy) is 4. The highest BCUT2D eigenvalue weighted by Gasteiger charge is 2.37. The molecule has 3 aromatic rings. The van der Waals surface area contributed by atoms with Crippen LogP contribution in [0.15, 0.2) is 66.7 Å². The van der Waals surface area contributed by atoms with Crippen LogP contribution in [0.3, 0.4) is 0 Å². The van der Waals surface area contributed by atoms with Gasteiger partial charge in [-0.3, -0.25) is 4.79 Å². The molecule has 1 fully saturated rings. The topological polar surface area (TPSA) is 145 Å². The van der Waals surface area contributed by atoms with E-state index < -0.39 is 96.3 Å². The van der Waals surface area contributed by atoms with Crippen LogP contribution in [0.25, 0.3) is 0 Å². The zero-order chi connectivity index (χ0) is 43.7. The second-order valence-corrected chi connectivity index (χ2v) is 15.8. The van der Waals surface area contributed by atoms with Crippen molar-refractivity contribution in [2.45, 2.75) is 95.9 Å². The molecule has 1 aliphatic rings. The van der Waals surface area contributed by atoms with Crippen LogP contribution >= 0.6 is 0 Å². The predicted octanol–water partition coefficient (Wildman–Crippen LogP) is 7.99. The molecule has 4 rings (SSSR count). The summed E-state index contributed by atoms with van der Waals surface area (Å²) in [5.74, 6) is -3.75. The van der Waals surface area contributed by atoms with Gasteiger partial charge in [0.1, 0.15) is 54.0 Å². The molecule has 0 spiro atoms. The fourth-order valence-electron chi connectivity index (χ4n) is 6.14. The van der Waals surface area contributed by atoms with E-state index in [0.717, 1.165) is 30.3 Å². The number of hydrogen-bond acceptors (Lipinski definition) is 8. The third-order valence-corrected chi connectivity index (χ3v) is 8.56. The van der Waals surface area contributed by atoms with Crippen molar-refractivity contribution in [3.63, 3.8) is 0 Å². The summed E-state index contributed by atoms with van der Waals surface area (Å²) in [6.07, 6.45) is -9.67. The number of carbonyl (C=O) groups is 4. The highest BCUT2D eigenvalue weighted by Crippen LogP contribution is 2.32. The maximum absolute atomic E-state index is 15.7. The Balaban J connectivity index is 1.61. The third kappa shape index (κ3) is 15.0. The molecular weight excluding hydrogens is 790 g/mol. The quantitative estimate of drug-likeness (QED) is 0.123. The maximum atomic E-state index is 15.7. The first kappa shape index (κ1) is 46.2. The van der Waals surface area contributed by atoms with Gasteiger partial charge < -0.3 is 39.8 Å². The number of hydrogen-bond donors (Lipinski definition) is 3. The summed E-state index contributed by atoms with van der Waals surface area (Å²) in [6.45, 7) is 7.45. The number of nitrogens with one attached hydrogen (secondary N) is 3. The van der Waals surface area contributed by atoms with Crippen molar-refractivity contribution in [1.29, 1.82) is 0 Å². The molecule has 59 heavy (non-hydrogen) atoms. The van der Waals surface area contributed by atoms with E-state index in [1.165, 1.54) is 41.3 Å². The number of nitrogens with zero attached hydrogens (tertiary/aromatic N) is 1. The fraction of sp³-hybridized carbons (Fsp3) is 0.463. The first-order chi connectivity index (χ1) is 27.5. The summed E-state index contributed by atoms with van der Waals surface area (Å²) in [6, 6.07) is 12.7. The Bertz CT molecular complexity index is 1870. The molecule has 1 heterocycles. The average molecular weight is 839 g/mol. The Hall–Kier alpha value is -5.52. The highest BCUT2D eigenvalue weighted by molar-refractivity contribution is 5.98. The van der Waals surface area contributed by atoms with Gasteiger partial charge in [0.05, 0.1) is 19.2 Å². The van der Waals surface area contributed by atoms with Crippen LogP contribution in [0, 0.1) is 17.5 Å². The minimum Gasteiger partial charge on any atom is -0.447 e. The lowest BCUT2D eigenvalue weighted by molar-refractivity contribution is -0.125. The van der Waals surface area contributed by atoms with Gasteiger partial charge in [-0.1, -0.05) is 30.3 Å². The smallest absolute Gasteiger partial charge is 0.410 e. The second kappa shape index (κ2) is 19.5. The first-order valence-corrected chi connectivity index (χ1v) is 18.7. The number of rotatable bonds is 12. The van der Waals surface area contributed by atoms with E-state index in [1.54, 1.807) is 46.9 Å². The number of morpholine rings is 1. The van der Waals surface area contributed by atoms with Crippen molar-refractivity contribution in [1.82, 2.24) is 15.5 Å². The number of amides is 4. The molecule has 3 aromatic carbocycles. The summed E-state index contributed by atoms with van der Waals surface area (Å²) < 4.78 is 103. The third-order valence-electron chi connectivity index (χ3n) is 8.56. The van der Waals surface area contributed by atoms with E-state index in [0.29, 0.717) is 11.1 Å². The van der Waals surface area contributed by atoms with Crippen LogP contribution in [-0.4, -0.2) is 91.0 Å². The van der Waals surface area contributed by atoms with Crippen molar-refractivity contribution in [3.8, 4) is 0 Å². The Morgan fingerprint density at radius 2 is 1.34 bits per heavy atom. The van der Waals surface area contributed by atoms with Gasteiger partial charge in [0.25, 0.3) is 0 Å². The second-order valence-electron chi connectivity index (χ2n) is 15.8. The van der Waals surface area contributed by atoms with Gasteiger partial charge in [-0.25, -0.2) is 27.6 Å². The predicted molar refractivity (Wildman–Crippen MR) is 203 cm³/mol. The van der Waals surface area contributed by atoms with Crippen molar-refractivity contribution >= 4 is 29.9 Å². The lowest BCUT2D eigenvalue weighted by Gasteiger charge is -2.38. The number of alkyl carbamates (subject to hydrolysis) is 2. The zero-order valence-corrected chi connectivity index (χ0v) is 33.4. The SMILES string of the molecule is CC(C)(C)OC(=O)NC(C(=O)Nc1cccc(F)c1CC[C@@H]1CN(C(=O)OC(C)(C)C)C[C@@H](COC(=O)NCC(F)(F)F)O1)C(c1ccc(F)cc1)c1ccc(F)cc1. The monoisotopic (exact) mass is 838 g/mol. The number of halogens is 6. The van der Waals surface area contributed by atoms with Gasteiger partial charge in [-0.2, -0.15) is 13.2 Å². The minimum atomic E-state index is -4.67. The molecule has 0 radical (unpaired) electrons. The van der Waals surface area contributed by atoms with Gasteiger partial charge in [0, 0.05) is 17.2 Å². The van der Waals surface area contributed by atoms with Crippen molar-refractivity contribution in [2.75, 3.05) is 31.6 Å². The van der Waals surface area contributed by atoms with E-state index in [2.05, 4.69) is 10.6 Å². The summed E-state index contributed by atoms with van der Waals surface area (Å²) in [4.78, 5) is 53.9. The molecule has 12 nitrogen and oxygen atoms in total. The number of anilines is 1. The van der Waals surface area contributed by atoms with Crippen molar-refractivity contribution in [2.24, 2.45) is 0 Å². The van der Waals surface area contributed by atoms with Crippen LogP contribution < -0.4 is 16.0 Å². The van der Waals surface area contributed by atoms with Gasteiger partial charge in [0.15, 0.2) is 0 Å². The molecule has 0 bridgehead atoms. The minimum absolute atomic E-state index is 0.00368. The van der Waals surface area contributed by atoms with E-state index >= 15 is 4.39 Å². The standard InChI is InChI=1S/C41H48F6N4O8/c1-39(2,3)58-37(54)50-34(33(24-10-14-26(42)15-11-24)25-12-16-27(43)17-13-25)35(52)49-32-9-7-8-31(44)30(32)19-18-28-20-51(38(55)59-40(4,5)6)21-29(57-28)22-56-36(53)48-23-41(45,46)47/h7-17,28-29,33-34H,18-23H2,1-6H3,(H,48,53)(H,49,52)(H,50,54)/t28-,29+,34?/m1/s1. The average Bonchev–Trinajstić information content (AvgIpc) is 3.12. The largest absolute Gasteiger partial charge is 0.447 e. The Morgan fingerprint density at radius 3 is 1.88 bits per heavy atom.